The number of H-pyrrole nitrogens is 1. The lowest BCUT2D eigenvalue weighted by atomic mass is 10.1. The van der Waals surface area contributed by atoms with Gasteiger partial charge < -0.3 is 16.2 Å². The Morgan fingerprint density at radius 1 is 1.39 bits per heavy atom. The second-order valence-corrected chi connectivity index (χ2v) is 4.87. The monoisotopic (exact) mass is 326 g/mol. The lowest BCUT2D eigenvalue weighted by molar-refractivity contribution is -0.141. The number of carbonyl (C=O) groups excluding carboxylic acids is 2. The highest BCUT2D eigenvalue weighted by Crippen LogP contribution is 2.09. The third kappa shape index (κ3) is 6.82. The zero-order valence-electron chi connectivity index (χ0n) is 13.2. The van der Waals surface area contributed by atoms with Crippen LogP contribution in [0.15, 0.2) is 4.99 Å². The first kappa shape index (κ1) is 18.5. The van der Waals surface area contributed by atoms with Gasteiger partial charge in [0.15, 0.2) is 6.73 Å². The maximum absolute atomic E-state index is 12.4. The van der Waals surface area contributed by atoms with Gasteiger partial charge in [-0.3, -0.25) is 14.6 Å². The van der Waals surface area contributed by atoms with E-state index in [1.807, 2.05) is 0 Å². The first-order valence-electron chi connectivity index (χ1n) is 7.12. The van der Waals surface area contributed by atoms with Gasteiger partial charge in [-0.2, -0.15) is 5.21 Å². The summed E-state index contributed by atoms with van der Waals surface area (Å²) in [6, 6.07) is -0.771. The zero-order chi connectivity index (χ0) is 17.2. The Bertz CT molecular complexity index is 526. The van der Waals surface area contributed by atoms with Gasteiger partial charge in [0.1, 0.15) is 0 Å². The maximum Gasteiger partial charge on any atom is 0.304 e. The van der Waals surface area contributed by atoms with Crippen LogP contribution < -0.4 is 16.4 Å². The molecule has 0 saturated carbocycles. The number of hydrogen-bond acceptors (Lipinski definition) is 8. The summed E-state index contributed by atoms with van der Waals surface area (Å²) in [5.74, 6) is -0.467. The molecular formula is C12H22N8O3. The van der Waals surface area contributed by atoms with Crippen molar-refractivity contribution >= 4 is 23.7 Å². The summed E-state index contributed by atoms with van der Waals surface area (Å²) in [4.78, 5) is 28.4. The van der Waals surface area contributed by atoms with E-state index < -0.39 is 17.9 Å². The van der Waals surface area contributed by atoms with E-state index in [9.17, 15) is 9.59 Å². The molecule has 0 aromatic carbocycles. The Kier molecular flexibility index (Phi) is 7.60. The first-order chi connectivity index (χ1) is 10.9. The van der Waals surface area contributed by atoms with Gasteiger partial charge >= 0.3 is 5.97 Å². The summed E-state index contributed by atoms with van der Waals surface area (Å²) in [6.45, 7) is 3.22. The van der Waals surface area contributed by atoms with E-state index in [4.69, 9.17) is 16.2 Å². The number of nitrogens with one attached hydrogen (secondary N) is 1. The number of esters is 1. The summed E-state index contributed by atoms with van der Waals surface area (Å²) < 4.78 is 4.83. The van der Waals surface area contributed by atoms with E-state index in [1.54, 1.807) is 6.92 Å². The molecule has 1 rings (SSSR count). The molecule has 1 amide bonds. The molecule has 5 N–H and O–H groups in total. The van der Waals surface area contributed by atoms with Gasteiger partial charge in [0.2, 0.25) is 5.91 Å². The van der Waals surface area contributed by atoms with E-state index in [1.165, 1.54) is 6.92 Å². The molecule has 0 aliphatic rings. The molecule has 23 heavy (non-hydrogen) atoms. The highest BCUT2D eigenvalue weighted by Gasteiger charge is 2.25. The minimum atomic E-state index is -0.771. The number of rotatable bonds is 9. The maximum atomic E-state index is 12.4. The van der Waals surface area contributed by atoms with Gasteiger partial charge in [0.05, 0.1) is 11.9 Å². The van der Waals surface area contributed by atoms with E-state index in [0.717, 1.165) is 11.3 Å². The number of carbonyl (C=O) groups is 2. The minimum absolute atomic E-state index is 0.00458. The number of amides is 1. The quantitative estimate of drug-likeness (QED) is 0.169. The molecule has 11 heteroatoms. The average molecular weight is 326 g/mol. The number of tetrazole rings is 1. The normalized spacial score (nSPS) is 12.7. The molecule has 0 fully saturated rings. The largest absolute Gasteiger partial charge is 0.444 e. The van der Waals surface area contributed by atoms with Crippen molar-refractivity contribution in [2.75, 3.05) is 18.2 Å². The van der Waals surface area contributed by atoms with Gasteiger partial charge in [-0.05, 0) is 31.4 Å². The lowest BCUT2D eigenvalue weighted by Crippen LogP contribution is -2.45. The number of hydrogen-bond donors (Lipinski definition) is 3. The molecule has 0 aliphatic carbocycles. The Balaban J connectivity index is 2.54. The SMILES string of the molecule is CC(=O)OCN(C(=O)[C@@H](N)CCCCN=C(C)N)c1nn[nH]n1. The van der Waals surface area contributed by atoms with Gasteiger partial charge in [0, 0.05) is 13.5 Å². The van der Waals surface area contributed by atoms with Crippen LogP contribution in [0.3, 0.4) is 0 Å². The van der Waals surface area contributed by atoms with Crippen LogP contribution in [-0.2, 0) is 14.3 Å². The Hall–Kier alpha value is -2.56. The van der Waals surface area contributed by atoms with Gasteiger partial charge in [-0.25, -0.2) is 4.90 Å². The summed E-state index contributed by atoms with van der Waals surface area (Å²) in [5.41, 5.74) is 11.3. The molecule has 1 atom stereocenters. The molecule has 0 unspecified atom stereocenters. The number of nitrogens with two attached hydrogens (primary N) is 2. The Morgan fingerprint density at radius 2 is 2.13 bits per heavy atom. The fourth-order valence-electron chi connectivity index (χ4n) is 1.70. The van der Waals surface area contributed by atoms with E-state index in [-0.39, 0.29) is 12.7 Å². The summed E-state index contributed by atoms with van der Waals surface area (Å²) in [7, 11) is 0. The second-order valence-electron chi connectivity index (χ2n) is 4.87. The van der Waals surface area contributed by atoms with Crippen LogP contribution in [-0.4, -0.2) is 57.7 Å². The number of nitrogens with zero attached hydrogens (tertiary/aromatic N) is 5. The van der Waals surface area contributed by atoms with E-state index in [0.29, 0.717) is 25.2 Å². The molecular weight excluding hydrogens is 304 g/mol. The smallest absolute Gasteiger partial charge is 0.304 e. The molecule has 0 spiro atoms. The van der Waals surface area contributed by atoms with Crippen molar-refractivity contribution in [2.45, 2.75) is 39.2 Å². The lowest BCUT2D eigenvalue weighted by Gasteiger charge is -2.21. The summed E-state index contributed by atoms with van der Waals surface area (Å²) in [6.07, 6.45) is 1.92. The van der Waals surface area contributed by atoms with Gasteiger partial charge in [0.25, 0.3) is 5.95 Å². The number of amidine groups is 1. The molecule has 0 bridgehead atoms. The molecule has 1 aromatic rings. The Morgan fingerprint density at radius 3 is 2.70 bits per heavy atom. The second kappa shape index (κ2) is 9.46. The van der Waals surface area contributed by atoms with Crippen LogP contribution in [0, 0.1) is 0 Å². The summed E-state index contributed by atoms with van der Waals surface area (Å²) in [5, 5.41) is 13.0. The van der Waals surface area contributed by atoms with E-state index >= 15 is 0 Å². The van der Waals surface area contributed by atoms with Crippen molar-refractivity contribution in [2.24, 2.45) is 16.5 Å². The molecule has 0 radical (unpaired) electrons. The number of aromatic nitrogens is 4. The molecule has 0 saturated heterocycles. The van der Waals surface area contributed by atoms with Crippen LogP contribution in [0.4, 0.5) is 5.95 Å². The van der Waals surface area contributed by atoms with Crippen LogP contribution in [0.25, 0.3) is 0 Å². The van der Waals surface area contributed by atoms with Crippen molar-refractivity contribution in [3.8, 4) is 0 Å². The first-order valence-corrected chi connectivity index (χ1v) is 7.12. The average Bonchev–Trinajstić information content (AvgIpc) is 3.00. The number of anilines is 1. The molecule has 1 aromatic heterocycles. The van der Waals surface area contributed by atoms with Crippen LogP contribution >= 0.6 is 0 Å². The molecule has 11 nitrogen and oxygen atoms in total. The molecule has 1 heterocycles. The van der Waals surface area contributed by atoms with Crippen molar-refractivity contribution < 1.29 is 14.3 Å². The molecule has 0 aliphatic heterocycles. The van der Waals surface area contributed by atoms with Crippen molar-refractivity contribution in [1.82, 2.24) is 20.6 Å². The van der Waals surface area contributed by atoms with Crippen molar-refractivity contribution in [3.05, 3.63) is 0 Å². The van der Waals surface area contributed by atoms with Crippen molar-refractivity contribution in [3.63, 3.8) is 0 Å². The van der Waals surface area contributed by atoms with Gasteiger partial charge in [-0.15, -0.1) is 5.10 Å². The fraction of sp³-hybridized carbons (Fsp3) is 0.667. The van der Waals surface area contributed by atoms with E-state index in [2.05, 4.69) is 25.6 Å². The predicted octanol–water partition coefficient (Wildman–Crippen LogP) is -1.07. The number of aliphatic imine (C=N–C) groups is 1. The van der Waals surface area contributed by atoms with Crippen LogP contribution in [0.2, 0.25) is 0 Å². The summed E-state index contributed by atoms with van der Waals surface area (Å²) >= 11 is 0. The molecule has 128 valence electrons. The third-order valence-corrected chi connectivity index (χ3v) is 2.84. The highest BCUT2D eigenvalue weighted by atomic mass is 16.5. The van der Waals surface area contributed by atoms with Gasteiger partial charge in [-0.1, -0.05) is 5.10 Å². The van der Waals surface area contributed by atoms with Crippen LogP contribution in [0.1, 0.15) is 33.1 Å². The van der Waals surface area contributed by atoms with Crippen LogP contribution in [0.5, 0.6) is 0 Å². The highest BCUT2D eigenvalue weighted by molar-refractivity contribution is 5.95. The third-order valence-electron chi connectivity index (χ3n) is 2.84. The van der Waals surface area contributed by atoms with Crippen molar-refractivity contribution in [1.29, 1.82) is 0 Å². The number of unbranched alkanes of at least 4 members (excludes halogenated alkanes) is 1. The Labute approximate surface area is 133 Å². The fourth-order valence-corrected chi connectivity index (χ4v) is 1.70. The predicted molar refractivity (Wildman–Crippen MR) is 82.3 cm³/mol. The number of ether oxygens (including phenoxy) is 1. The number of aromatic amines is 1. The standard InChI is InChI=1S/C12H22N8O3/c1-8(13)15-6-4-3-5-10(14)11(22)20(7-23-9(2)21)12-16-18-19-17-12/h10H,3-7,14H2,1-2H3,(H2,13,15)(H,16,17,18,19)/t10-/m0/s1. The minimum Gasteiger partial charge on any atom is -0.444 e. The topological polar surface area (TPSA) is 165 Å². The zero-order valence-corrected chi connectivity index (χ0v) is 13.2.